The quantitative estimate of drug-likeness (QED) is 0.647. The van der Waals surface area contributed by atoms with Crippen LogP contribution in [0.2, 0.25) is 5.02 Å². The van der Waals surface area contributed by atoms with Crippen molar-refractivity contribution in [2.75, 3.05) is 5.73 Å². The molecule has 104 valence electrons. The SMILES string of the molecule is NC(=O)c1ccc(N)c(Oc2cc(F)c(Cl)cc2Br)c1. The average molecular weight is 360 g/mol. The summed E-state index contributed by atoms with van der Waals surface area (Å²) in [6.45, 7) is 0. The first-order chi connectivity index (χ1) is 9.38. The lowest BCUT2D eigenvalue weighted by Crippen LogP contribution is -2.11. The molecule has 7 heteroatoms. The Morgan fingerprint density at radius 3 is 2.60 bits per heavy atom. The number of carbonyl (C=O) groups is 1. The van der Waals surface area contributed by atoms with Gasteiger partial charge in [-0.25, -0.2) is 4.39 Å². The molecular formula is C13H9BrClFN2O2. The summed E-state index contributed by atoms with van der Waals surface area (Å²) in [6, 6.07) is 6.82. The van der Waals surface area contributed by atoms with Gasteiger partial charge in [0.15, 0.2) is 5.75 Å². The molecule has 0 bridgehead atoms. The molecule has 0 aromatic heterocycles. The van der Waals surface area contributed by atoms with Crippen molar-refractivity contribution in [2.24, 2.45) is 5.73 Å². The third-order valence-corrected chi connectivity index (χ3v) is 3.40. The maximum Gasteiger partial charge on any atom is 0.248 e. The van der Waals surface area contributed by atoms with Crippen LogP contribution in [-0.4, -0.2) is 5.91 Å². The fraction of sp³-hybridized carbons (Fsp3) is 0. The number of benzene rings is 2. The Kier molecular flexibility index (Phi) is 4.15. The molecule has 20 heavy (non-hydrogen) atoms. The van der Waals surface area contributed by atoms with Gasteiger partial charge in [-0.15, -0.1) is 0 Å². The minimum absolute atomic E-state index is 0.0388. The van der Waals surface area contributed by atoms with Crippen LogP contribution in [0.4, 0.5) is 10.1 Å². The van der Waals surface area contributed by atoms with Crippen molar-refractivity contribution in [2.45, 2.75) is 0 Å². The van der Waals surface area contributed by atoms with Gasteiger partial charge in [0.2, 0.25) is 5.91 Å². The van der Waals surface area contributed by atoms with Crippen LogP contribution in [0.3, 0.4) is 0 Å². The number of halogens is 3. The molecule has 0 aliphatic rings. The highest BCUT2D eigenvalue weighted by Crippen LogP contribution is 2.36. The lowest BCUT2D eigenvalue weighted by Gasteiger charge is -2.11. The first-order valence-electron chi connectivity index (χ1n) is 5.40. The number of rotatable bonds is 3. The van der Waals surface area contributed by atoms with Crippen molar-refractivity contribution in [3.63, 3.8) is 0 Å². The highest BCUT2D eigenvalue weighted by Gasteiger charge is 2.12. The molecule has 0 atom stereocenters. The lowest BCUT2D eigenvalue weighted by atomic mass is 10.2. The monoisotopic (exact) mass is 358 g/mol. The van der Waals surface area contributed by atoms with Gasteiger partial charge in [-0.2, -0.15) is 0 Å². The van der Waals surface area contributed by atoms with Crippen LogP contribution in [0.15, 0.2) is 34.8 Å². The minimum Gasteiger partial charge on any atom is -0.454 e. The zero-order valence-corrected chi connectivity index (χ0v) is 12.3. The number of primary amides is 1. The van der Waals surface area contributed by atoms with Crippen molar-refractivity contribution >= 4 is 39.1 Å². The summed E-state index contributed by atoms with van der Waals surface area (Å²) in [5.41, 5.74) is 11.4. The van der Waals surface area contributed by atoms with Crippen LogP contribution in [0.5, 0.6) is 11.5 Å². The van der Waals surface area contributed by atoms with Crippen molar-refractivity contribution in [3.8, 4) is 11.5 Å². The van der Waals surface area contributed by atoms with Gasteiger partial charge >= 0.3 is 0 Å². The normalized spacial score (nSPS) is 10.3. The number of ether oxygens (including phenoxy) is 1. The molecule has 0 saturated carbocycles. The summed E-state index contributed by atoms with van der Waals surface area (Å²) >= 11 is 8.84. The first-order valence-corrected chi connectivity index (χ1v) is 6.57. The van der Waals surface area contributed by atoms with E-state index in [2.05, 4.69) is 15.9 Å². The van der Waals surface area contributed by atoms with Crippen molar-refractivity contribution in [3.05, 3.63) is 51.2 Å². The van der Waals surface area contributed by atoms with E-state index in [0.717, 1.165) is 6.07 Å². The molecule has 0 saturated heterocycles. The Bertz CT molecular complexity index is 694. The predicted octanol–water partition coefficient (Wildman–Crippen LogP) is 3.72. The Morgan fingerprint density at radius 2 is 1.95 bits per heavy atom. The standard InChI is InChI=1S/C13H9BrClFN2O2/c14-7-4-8(15)9(16)5-11(7)20-12-3-6(13(18)19)1-2-10(12)17/h1-5H,17H2,(H2,18,19). The summed E-state index contributed by atoms with van der Waals surface area (Å²) in [6.07, 6.45) is 0. The van der Waals surface area contributed by atoms with Crippen molar-refractivity contribution in [1.82, 2.24) is 0 Å². The zero-order chi connectivity index (χ0) is 14.9. The highest BCUT2D eigenvalue weighted by atomic mass is 79.9. The molecule has 0 radical (unpaired) electrons. The summed E-state index contributed by atoms with van der Waals surface area (Å²) in [4.78, 5) is 11.1. The second-order valence-corrected chi connectivity index (χ2v) is 5.18. The fourth-order valence-electron chi connectivity index (χ4n) is 1.48. The van der Waals surface area contributed by atoms with Gasteiger partial charge in [-0.3, -0.25) is 4.79 Å². The molecule has 0 fully saturated rings. The van der Waals surface area contributed by atoms with Gasteiger partial charge in [-0.05, 0) is 40.2 Å². The molecule has 2 aromatic carbocycles. The first kappa shape index (κ1) is 14.6. The molecule has 0 aliphatic carbocycles. The number of nitrogen functional groups attached to an aromatic ring is 1. The van der Waals surface area contributed by atoms with Crippen LogP contribution in [0.1, 0.15) is 10.4 Å². The minimum atomic E-state index is -0.630. The maximum atomic E-state index is 13.4. The Balaban J connectivity index is 2.42. The van der Waals surface area contributed by atoms with Crippen molar-refractivity contribution in [1.29, 1.82) is 0 Å². The van der Waals surface area contributed by atoms with E-state index in [-0.39, 0.29) is 27.8 Å². The van der Waals surface area contributed by atoms with E-state index in [1.54, 1.807) is 0 Å². The van der Waals surface area contributed by atoms with E-state index in [4.69, 9.17) is 27.8 Å². The fourth-order valence-corrected chi connectivity index (χ4v) is 2.20. The molecule has 4 nitrogen and oxygen atoms in total. The smallest absolute Gasteiger partial charge is 0.248 e. The number of nitrogens with two attached hydrogens (primary N) is 2. The molecule has 0 aliphatic heterocycles. The van der Waals surface area contributed by atoms with Gasteiger partial charge in [0.25, 0.3) is 0 Å². The number of carbonyl (C=O) groups excluding carboxylic acids is 1. The maximum absolute atomic E-state index is 13.4. The van der Waals surface area contributed by atoms with Crippen molar-refractivity contribution < 1.29 is 13.9 Å². The second kappa shape index (κ2) is 5.68. The molecule has 0 unspecified atom stereocenters. The topological polar surface area (TPSA) is 78.3 Å². The number of hydrogen-bond donors (Lipinski definition) is 2. The van der Waals surface area contributed by atoms with Crippen LogP contribution in [0, 0.1) is 5.82 Å². The highest BCUT2D eigenvalue weighted by molar-refractivity contribution is 9.10. The van der Waals surface area contributed by atoms with Crippen LogP contribution in [-0.2, 0) is 0 Å². The average Bonchev–Trinajstić information content (AvgIpc) is 2.38. The van der Waals surface area contributed by atoms with Gasteiger partial charge < -0.3 is 16.2 Å². The van der Waals surface area contributed by atoms with Gasteiger partial charge in [-0.1, -0.05) is 11.6 Å². The van der Waals surface area contributed by atoms with E-state index in [0.29, 0.717) is 4.47 Å². The second-order valence-electron chi connectivity index (χ2n) is 3.92. The number of amides is 1. The van der Waals surface area contributed by atoms with E-state index in [1.165, 1.54) is 24.3 Å². The van der Waals surface area contributed by atoms with E-state index >= 15 is 0 Å². The number of anilines is 1. The van der Waals surface area contributed by atoms with Gasteiger partial charge in [0, 0.05) is 11.6 Å². The summed E-state index contributed by atoms with van der Waals surface area (Å²) in [5, 5.41) is -0.0388. The van der Waals surface area contributed by atoms with E-state index in [1.807, 2.05) is 0 Å². The lowest BCUT2D eigenvalue weighted by molar-refractivity contribution is 0.1000. The summed E-state index contributed by atoms with van der Waals surface area (Å²) < 4.78 is 19.4. The Hall–Kier alpha value is -1.79. The van der Waals surface area contributed by atoms with Crippen LogP contribution in [0.25, 0.3) is 0 Å². The van der Waals surface area contributed by atoms with Crippen LogP contribution >= 0.6 is 27.5 Å². The number of hydrogen-bond acceptors (Lipinski definition) is 3. The van der Waals surface area contributed by atoms with E-state index in [9.17, 15) is 9.18 Å². The van der Waals surface area contributed by atoms with Crippen LogP contribution < -0.4 is 16.2 Å². The molecule has 2 rings (SSSR count). The third kappa shape index (κ3) is 3.02. The summed E-state index contributed by atoms with van der Waals surface area (Å²) in [7, 11) is 0. The molecule has 1 amide bonds. The Morgan fingerprint density at radius 1 is 1.25 bits per heavy atom. The molecular weight excluding hydrogens is 351 g/mol. The predicted molar refractivity (Wildman–Crippen MR) is 78.6 cm³/mol. The van der Waals surface area contributed by atoms with E-state index < -0.39 is 11.7 Å². The molecule has 4 N–H and O–H groups in total. The van der Waals surface area contributed by atoms with Gasteiger partial charge in [0.05, 0.1) is 15.2 Å². The third-order valence-electron chi connectivity index (χ3n) is 2.49. The Labute approximate surface area is 127 Å². The summed E-state index contributed by atoms with van der Waals surface area (Å²) in [5.74, 6) is -0.866. The van der Waals surface area contributed by atoms with Gasteiger partial charge in [0.1, 0.15) is 11.6 Å². The largest absolute Gasteiger partial charge is 0.454 e. The molecule has 2 aromatic rings. The molecule has 0 heterocycles. The zero-order valence-electron chi connectivity index (χ0n) is 9.99. The molecule has 0 spiro atoms.